The predicted molar refractivity (Wildman–Crippen MR) is 186 cm³/mol. The molecule has 8 nitrogen and oxygen atoms in total. The topological polar surface area (TPSA) is 126 Å². The second-order valence-electron chi connectivity index (χ2n) is 16.4. The fraction of sp³-hybridized carbons (Fsp3) is 0.947. The van der Waals surface area contributed by atoms with Crippen LogP contribution in [-0.4, -0.2) is 75.4 Å². The molecule has 4 saturated carbocycles. The van der Waals surface area contributed by atoms with Crippen LogP contribution in [-0.2, 0) is 14.3 Å². The maximum Gasteiger partial charge on any atom is 0.315 e. The number of ketones is 1. The first kappa shape index (κ1) is 37.8. The largest absolute Gasteiger partial charge is 0.468 e. The van der Waals surface area contributed by atoms with Gasteiger partial charge in [0.1, 0.15) is 11.7 Å². The quantitative estimate of drug-likeness (QED) is 0.0749. The maximum absolute atomic E-state index is 12.7. The zero-order valence-corrected chi connectivity index (χ0v) is 30.1. The number of hydrogen-bond acceptors (Lipinski definition) is 8. The highest BCUT2D eigenvalue weighted by Crippen LogP contribution is 2.68. The van der Waals surface area contributed by atoms with Crippen LogP contribution in [0.3, 0.4) is 0 Å². The lowest BCUT2D eigenvalue weighted by Crippen LogP contribution is -2.59. The number of esters is 1. The van der Waals surface area contributed by atoms with Gasteiger partial charge in [0.2, 0.25) is 0 Å². The minimum absolute atomic E-state index is 0.000616. The summed E-state index contributed by atoms with van der Waals surface area (Å²) in [6.07, 6.45) is 15.3. The molecule has 11 atom stereocenters. The van der Waals surface area contributed by atoms with Gasteiger partial charge in [-0.2, -0.15) is 0 Å². The average molecular weight is 647 g/mol. The van der Waals surface area contributed by atoms with Crippen LogP contribution in [0.1, 0.15) is 118 Å². The van der Waals surface area contributed by atoms with E-state index in [1.165, 1.54) is 71.3 Å². The summed E-state index contributed by atoms with van der Waals surface area (Å²) in [5.41, 5.74) is 6.11. The number of aliphatic hydroxyl groups is 1. The van der Waals surface area contributed by atoms with E-state index in [2.05, 4.69) is 36.7 Å². The molecule has 4 aliphatic carbocycles. The third kappa shape index (κ3) is 8.74. The van der Waals surface area contributed by atoms with Crippen LogP contribution in [0.2, 0.25) is 0 Å². The van der Waals surface area contributed by atoms with Gasteiger partial charge in [-0.15, -0.1) is 0 Å². The third-order valence-electron chi connectivity index (χ3n) is 13.8. The van der Waals surface area contributed by atoms with Crippen LogP contribution >= 0.6 is 0 Å². The molecular formula is C38H70N4O4. The highest BCUT2D eigenvalue weighted by molar-refractivity contribution is 5.98. The molecule has 6 N–H and O–H groups in total. The number of nitrogens with two attached hydrogens (primary N) is 1. The average Bonchev–Trinajstić information content (AvgIpc) is 3.40. The number of aliphatic hydroxyl groups excluding tert-OH is 1. The first-order valence-corrected chi connectivity index (χ1v) is 19.2. The molecule has 46 heavy (non-hydrogen) atoms. The van der Waals surface area contributed by atoms with E-state index in [1.807, 2.05) is 0 Å². The predicted octanol–water partition coefficient (Wildman–Crippen LogP) is 5.07. The molecule has 0 aromatic carbocycles. The summed E-state index contributed by atoms with van der Waals surface area (Å²) < 4.78 is 4.80. The molecular weight excluding hydrogens is 576 g/mol. The van der Waals surface area contributed by atoms with Crippen LogP contribution in [0.4, 0.5) is 0 Å². The zero-order valence-electron chi connectivity index (χ0n) is 30.1. The van der Waals surface area contributed by atoms with Crippen molar-refractivity contribution in [3.05, 3.63) is 0 Å². The Morgan fingerprint density at radius 3 is 2.22 bits per heavy atom. The number of ether oxygens (including phenoxy) is 1. The molecule has 0 saturated heterocycles. The Balaban J connectivity index is 1.21. The number of methoxy groups -OCH3 is 1. The number of carbonyl (C=O) groups is 2. The van der Waals surface area contributed by atoms with E-state index in [0.29, 0.717) is 53.4 Å². The fourth-order valence-corrected chi connectivity index (χ4v) is 11.0. The van der Waals surface area contributed by atoms with Crippen LogP contribution in [0, 0.1) is 52.3 Å². The first-order valence-electron chi connectivity index (χ1n) is 19.2. The van der Waals surface area contributed by atoms with E-state index in [9.17, 15) is 14.7 Å². The van der Waals surface area contributed by atoms with Crippen molar-refractivity contribution in [2.45, 2.75) is 130 Å². The van der Waals surface area contributed by atoms with Gasteiger partial charge in [0.05, 0.1) is 13.2 Å². The molecule has 0 spiro atoms. The molecule has 0 heterocycles. The number of unbranched alkanes of at least 4 members (excludes halogenated alkanes) is 1. The van der Waals surface area contributed by atoms with E-state index in [0.717, 1.165) is 58.5 Å². The lowest BCUT2D eigenvalue weighted by Gasteiger charge is -2.62. The van der Waals surface area contributed by atoms with Gasteiger partial charge in [-0.3, -0.25) is 9.59 Å². The molecule has 4 rings (SSSR count). The van der Waals surface area contributed by atoms with E-state index >= 15 is 0 Å². The smallest absolute Gasteiger partial charge is 0.315 e. The summed E-state index contributed by atoms with van der Waals surface area (Å²) in [7, 11) is 1.35. The molecule has 4 unspecified atom stereocenters. The zero-order chi connectivity index (χ0) is 33.3. The molecule has 0 amide bonds. The number of hydrogen-bond donors (Lipinski definition) is 5. The summed E-state index contributed by atoms with van der Waals surface area (Å²) >= 11 is 0. The molecule has 8 heteroatoms. The first-order chi connectivity index (χ1) is 22.1. The molecule has 4 aliphatic rings. The lowest BCUT2D eigenvalue weighted by molar-refractivity contribution is -0.167. The second kappa shape index (κ2) is 17.6. The Kier molecular flexibility index (Phi) is 14.4. The summed E-state index contributed by atoms with van der Waals surface area (Å²) in [5.74, 6) is 2.13. The molecule has 266 valence electrons. The molecule has 0 aliphatic heterocycles. The fourth-order valence-electron chi connectivity index (χ4n) is 11.0. The van der Waals surface area contributed by atoms with Crippen molar-refractivity contribution in [2.24, 2.45) is 58.0 Å². The van der Waals surface area contributed by atoms with Crippen molar-refractivity contribution in [3.8, 4) is 0 Å². The van der Waals surface area contributed by atoms with Crippen molar-refractivity contribution in [2.75, 3.05) is 46.4 Å². The third-order valence-corrected chi connectivity index (χ3v) is 13.8. The summed E-state index contributed by atoms with van der Waals surface area (Å²) in [6.45, 7) is 15.2. The van der Waals surface area contributed by atoms with Gasteiger partial charge in [0, 0.05) is 12.5 Å². The molecule has 0 aromatic rings. The monoisotopic (exact) mass is 647 g/mol. The Hall–Kier alpha value is -1.06. The lowest BCUT2D eigenvalue weighted by atomic mass is 9.43. The molecule has 4 fully saturated rings. The number of carbonyl (C=O) groups excluding carboxylic acids is 2. The number of rotatable bonds is 19. The minimum Gasteiger partial charge on any atom is -0.468 e. The van der Waals surface area contributed by atoms with E-state index < -0.39 is 11.9 Å². The number of nitrogens with one attached hydrogen (secondary N) is 3. The van der Waals surface area contributed by atoms with Crippen LogP contribution in [0.5, 0.6) is 0 Å². The van der Waals surface area contributed by atoms with Crippen LogP contribution in [0.15, 0.2) is 0 Å². The van der Waals surface area contributed by atoms with Gasteiger partial charge in [-0.25, -0.2) is 0 Å². The van der Waals surface area contributed by atoms with Gasteiger partial charge in [0.15, 0.2) is 0 Å². The molecule has 0 radical (unpaired) electrons. The standard InChI is InChI=1S/C38H70N4O4/c1-26(10-13-33(43)27(2)36(45)46-5)30-11-12-31-35-32(15-17-38(30,31)4)37(3)16-14-29(24-28(37)25-34(35)44)42-23-9-22-41-20-7-6-19-40-21-8-18-39/h26-32,34-35,40-42,44H,6-25,39H2,1-5H3/t26-,27?,28-,29+,30-,31?,32?,34-,35?,37+,38-/m1/s1. The SMILES string of the molecule is COC(=O)C(C)C(=O)CC[C@@H](C)[C@H]1CCC2C3C(CC[C@@]21C)[C@@]1(C)CC[C@H](NCCCNCCCCNCCCN)C[C@@H]1C[C@H]3O. The Morgan fingerprint density at radius 2 is 1.52 bits per heavy atom. The van der Waals surface area contributed by atoms with Gasteiger partial charge in [-0.1, -0.05) is 20.8 Å². The van der Waals surface area contributed by atoms with E-state index in [4.69, 9.17) is 10.5 Å². The number of fused-ring (bicyclic) bond motifs is 5. The van der Waals surface area contributed by atoms with E-state index in [1.54, 1.807) is 6.92 Å². The van der Waals surface area contributed by atoms with Crippen molar-refractivity contribution < 1.29 is 19.4 Å². The van der Waals surface area contributed by atoms with Gasteiger partial charge in [-0.05, 0) is 176 Å². The Labute approximate surface area is 280 Å². The second-order valence-corrected chi connectivity index (χ2v) is 16.4. The molecule has 0 bridgehead atoms. The minimum atomic E-state index is -0.673. The van der Waals surface area contributed by atoms with Gasteiger partial charge in [0.25, 0.3) is 0 Å². The molecule has 0 aromatic heterocycles. The Bertz CT molecular complexity index is 965. The van der Waals surface area contributed by atoms with Crippen LogP contribution in [0.25, 0.3) is 0 Å². The summed E-state index contributed by atoms with van der Waals surface area (Å²) in [6, 6.07) is 0.580. The van der Waals surface area contributed by atoms with E-state index in [-0.39, 0.29) is 17.3 Å². The maximum atomic E-state index is 12.7. The summed E-state index contributed by atoms with van der Waals surface area (Å²) in [5, 5.41) is 22.8. The van der Waals surface area contributed by atoms with Gasteiger partial charge >= 0.3 is 5.97 Å². The van der Waals surface area contributed by atoms with Crippen molar-refractivity contribution >= 4 is 11.8 Å². The summed E-state index contributed by atoms with van der Waals surface area (Å²) in [4.78, 5) is 24.5. The normalized spacial score (nSPS) is 36.7. The van der Waals surface area contributed by atoms with Crippen molar-refractivity contribution in [3.63, 3.8) is 0 Å². The highest BCUT2D eigenvalue weighted by atomic mass is 16.5. The van der Waals surface area contributed by atoms with Crippen LogP contribution < -0.4 is 21.7 Å². The highest BCUT2D eigenvalue weighted by Gasteiger charge is 2.62. The van der Waals surface area contributed by atoms with Gasteiger partial charge < -0.3 is 31.5 Å². The van der Waals surface area contributed by atoms with Crippen molar-refractivity contribution in [1.82, 2.24) is 16.0 Å². The van der Waals surface area contributed by atoms with Crippen molar-refractivity contribution in [1.29, 1.82) is 0 Å². The number of Topliss-reactive ketones (excluding diaryl/α,β-unsaturated/α-hetero) is 1. The Morgan fingerprint density at radius 1 is 0.870 bits per heavy atom.